The highest BCUT2D eigenvalue weighted by Gasteiger charge is 2.04. The molecule has 0 unspecified atom stereocenters. The number of benzene rings is 1. The van der Waals surface area contributed by atoms with E-state index in [0.29, 0.717) is 22.9 Å². The van der Waals surface area contributed by atoms with Gasteiger partial charge in [-0.05, 0) is 37.3 Å². The molecule has 1 aromatic heterocycles. The van der Waals surface area contributed by atoms with Crippen LogP contribution in [0, 0.1) is 18.3 Å². The molecule has 2 aromatic rings. The van der Waals surface area contributed by atoms with Crippen molar-refractivity contribution in [2.75, 3.05) is 0 Å². The predicted molar refractivity (Wildman–Crippen MR) is 69.5 cm³/mol. The zero-order valence-electron chi connectivity index (χ0n) is 9.85. The number of ether oxygens (including phenoxy) is 1. The number of rotatable bonds is 3. The van der Waals surface area contributed by atoms with E-state index in [9.17, 15) is 0 Å². The molecule has 0 aliphatic rings. The molecule has 1 aromatic carbocycles. The van der Waals surface area contributed by atoms with Crippen LogP contribution in [0.25, 0.3) is 0 Å². The Morgan fingerprint density at radius 1 is 1.33 bits per heavy atom. The fourth-order valence-electron chi connectivity index (χ4n) is 1.52. The largest absolute Gasteiger partial charge is 0.486 e. The average molecular weight is 259 g/mol. The molecule has 0 N–H and O–H groups in total. The Labute approximate surface area is 111 Å². The summed E-state index contributed by atoms with van der Waals surface area (Å²) in [7, 11) is 0. The van der Waals surface area contributed by atoms with Crippen LogP contribution in [0.1, 0.15) is 17.0 Å². The van der Waals surface area contributed by atoms with Gasteiger partial charge in [0.1, 0.15) is 12.4 Å². The number of hydrogen-bond acceptors (Lipinski definition) is 3. The molecule has 0 radical (unpaired) electrons. The van der Waals surface area contributed by atoms with E-state index < -0.39 is 0 Å². The van der Waals surface area contributed by atoms with Crippen LogP contribution in [0.15, 0.2) is 36.4 Å². The van der Waals surface area contributed by atoms with Crippen molar-refractivity contribution >= 4 is 11.6 Å². The third-order valence-electron chi connectivity index (χ3n) is 2.38. The normalized spacial score (nSPS) is 9.83. The number of aryl methyl sites for hydroxylation is 1. The maximum absolute atomic E-state index is 8.73. The topological polar surface area (TPSA) is 45.9 Å². The molecule has 0 spiro atoms. The molecule has 0 aliphatic heterocycles. The van der Waals surface area contributed by atoms with E-state index in [1.54, 1.807) is 18.2 Å². The lowest BCUT2D eigenvalue weighted by Gasteiger charge is -2.08. The Balaban J connectivity index is 2.09. The summed E-state index contributed by atoms with van der Waals surface area (Å²) in [4.78, 5) is 4.33. The SMILES string of the molecule is Cc1cccc(COc2ccc(C#N)cc2Cl)n1. The van der Waals surface area contributed by atoms with Crippen LogP contribution in [-0.4, -0.2) is 4.98 Å². The molecular weight excluding hydrogens is 248 g/mol. The molecular formula is C14H11ClN2O. The molecule has 0 aliphatic carbocycles. The van der Waals surface area contributed by atoms with Crippen LogP contribution in [-0.2, 0) is 6.61 Å². The van der Waals surface area contributed by atoms with E-state index >= 15 is 0 Å². The minimum Gasteiger partial charge on any atom is -0.486 e. The van der Waals surface area contributed by atoms with Gasteiger partial charge in [-0.1, -0.05) is 17.7 Å². The monoisotopic (exact) mass is 258 g/mol. The molecule has 90 valence electrons. The van der Waals surface area contributed by atoms with Gasteiger partial charge in [-0.25, -0.2) is 0 Å². The van der Waals surface area contributed by atoms with Crippen molar-refractivity contribution in [2.45, 2.75) is 13.5 Å². The Bertz CT molecular complexity index is 605. The molecule has 0 atom stereocenters. The highest BCUT2D eigenvalue weighted by molar-refractivity contribution is 6.32. The minimum atomic E-state index is 0.354. The summed E-state index contributed by atoms with van der Waals surface area (Å²) in [5.74, 6) is 0.555. The summed E-state index contributed by atoms with van der Waals surface area (Å²) in [5, 5.41) is 9.16. The van der Waals surface area contributed by atoms with Crippen LogP contribution >= 0.6 is 11.6 Å². The highest BCUT2D eigenvalue weighted by Crippen LogP contribution is 2.25. The van der Waals surface area contributed by atoms with Crippen molar-refractivity contribution in [3.8, 4) is 11.8 Å². The van der Waals surface area contributed by atoms with E-state index in [2.05, 4.69) is 4.98 Å². The van der Waals surface area contributed by atoms with Crippen LogP contribution in [0.4, 0.5) is 0 Å². The Kier molecular flexibility index (Phi) is 3.81. The number of pyridine rings is 1. The van der Waals surface area contributed by atoms with Gasteiger partial charge in [0.15, 0.2) is 0 Å². The van der Waals surface area contributed by atoms with Crippen molar-refractivity contribution in [3.63, 3.8) is 0 Å². The average Bonchev–Trinajstić information content (AvgIpc) is 2.37. The molecule has 0 saturated heterocycles. The smallest absolute Gasteiger partial charge is 0.138 e. The summed E-state index contributed by atoms with van der Waals surface area (Å²) in [6.45, 7) is 2.28. The molecule has 0 bridgehead atoms. The quantitative estimate of drug-likeness (QED) is 0.847. The van der Waals surface area contributed by atoms with Crippen molar-refractivity contribution in [2.24, 2.45) is 0 Å². The fraction of sp³-hybridized carbons (Fsp3) is 0.143. The zero-order valence-corrected chi connectivity index (χ0v) is 10.6. The maximum Gasteiger partial charge on any atom is 0.138 e. The second-order valence-corrected chi connectivity index (χ2v) is 4.22. The van der Waals surface area contributed by atoms with E-state index in [-0.39, 0.29) is 0 Å². The zero-order chi connectivity index (χ0) is 13.0. The van der Waals surface area contributed by atoms with Crippen molar-refractivity contribution < 1.29 is 4.74 Å². The van der Waals surface area contributed by atoms with Gasteiger partial charge in [0.25, 0.3) is 0 Å². The summed E-state index contributed by atoms with van der Waals surface area (Å²) < 4.78 is 5.57. The van der Waals surface area contributed by atoms with Crippen molar-refractivity contribution in [3.05, 3.63) is 58.4 Å². The van der Waals surface area contributed by atoms with Gasteiger partial charge >= 0.3 is 0 Å². The van der Waals surface area contributed by atoms with Crippen molar-refractivity contribution in [1.82, 2.24) is 4.98 Å². The lowest BCUT2D eigenvalue weighted by atomic mass is 10.2. The Hall–Kier alpha value is -2.05. The third-order valence-corrected chi connectivity index (χ3v) is 2.68. The van der Waals surface area contributed by atoms with Crippen LogP contribution in [0.2, 0.25) is 5.02 Å². The first-order valence-corrected chi connectivity index (χ1v) is 5.82. The van der Waals surface area contributed by atoms with Gasteiger partial charge in [0.05, 0.1) is 22.3 Å². The van der Waals surface area contributed by atoms with Crippen LogP contribution in [0.3, 0.4) is 0 Å². The molecule has 4 heteroatoms. The number of halogens is 1. The van der Waals surface area contributed by atoms with Crippen LogP contribution in [0.5, 0.6) is 5.75 Å². The lowest BCUT2D eigenvalue weighted by molar-refractivity contribution is 0.301. The van der Waals surface area contributed by atoms with E-state index in [4.69, 9.17) is 21.6 Å². The van der Waals surface area contributed by atoms with Crippen LogP contribution < -0.4 is 4.74 Å². The number of nitrogens with zero attached hydrogens (tertiary/aromatic N) is 2. The van der Waals surface area contributed by atoms with E-state index in [1.807, 2.05) is 31.2 Å². The van der Waals surface area contributed by atoms with Gasteiger partial charge in [-0.2, -0.15) is 5.26 Å². The number of aromatic nitrogens is 1. The highest BCUT2D eigenvalue weighted by atomic mass is 35.5. The fourth-order valence-corrected chi connectivity index (χ4v) is 1.75. The molecule has 3 nitrogen and oxygen atoms in total. The maximum atomic E-state index is 8.73. The summed E-state index contributed by atoms with van der Waals surface area (Å²) in [5.41, 5.74) is 2.30. The molecule has 2 rings (SSSR count). The van der Waals surface area contributed by atoms with E-state index in [1.165, 1.54) is 0 Å². The second-order valence-electron chi connectivity index (χ2n) is 3.82. The van der Waals surface area contributed by atoms with Gasteiger partial charge in [0.2, 0.25) is 0 Å². The first-order chi connectivity index (χ1) is 8.69. The first kappa shape index (κ1) is 12.4. The lowest BCUT2D eigenvalue weighted by Crippen LogP contribution is -1.99. The third kappa shape index (κ3) is 2.99. The Morgan fingerprint density at radius 3 is 2.83 bits per heavy atom. The summed E-state index contributed by atoms with van der Waals surface area (Å²) >= 11 is 6.01. The molecule has 1 heterocycles. The van der Waals surface area contributed by atoms with Gasteiger partial charge in [0, 0.05) is 5.69 Å². The summed E-state index contributed by atoms with van der Waals surface area (Å²) in [6.07, 6.45) is 0. The van der Waals surface area contributed by atoms with Gasteiger partial charge < -0.3 is 4.74 Å². The molecule has 18 heavy (non-hydrogen) atoms. The number of hydrogen-bond donors (Lipinski definition) is 0. The second kappa shape index (κ2) is 5.52. The summed E-state index contributed by atoms with van der Waals surface area (Å²) in [6, 6.07) is 12.7. The Morgan fingerprint density at radius 2 is 2.17 bits per heavy atom. The number of nitriles is 1. The molecule has 0 fully saturated rings. The van der Waals surface area contributed by atoms with Gasteiger partial charge in [-0.15, -0.1) is 0 Å². The predicted octanol–water partition coefficient (Wildman–Crippen LogP) is 3.49. The standard InChI is InChI=1S/C14H11ClN2O/c1-10-3-2-4-12(17-10)9-18-14-6-5-11(8-16)7-13(14)15/h2-7H,9H2,1H3. The molecule has 0 saturated carbocycles. The van der Waals surface area contributed by atoms with Crippen molar-refractivity contribution in [1.29, 1.82) is 5.26 Å². The first-order valence-electron chi connectivity index (χ1n) is 5.44. The minimum absolute atomic E-state index is 0.354. The molecule has 0 amide bonds. The van der Waals surface area contributed by atoms with E-state index in [0.717, 1.165) is 11.4 Å². The van der Waals surface area contributed by atoms with Gasteiger partial charge in [-0.3, -0.25) is 4.98 Å².